The maximum atomic E-state index is 14.2. The van der Waals surface area contributed by atoms with E-state index in [1.165, 1.54) is 12.1 Å². The summed E-state index contributed by atoms with van der Waals surface area (Å²) >= 11 is 0. The summed E-state index contributed by atoms with van der Waals surface area (Å²) in [6, 6.07) is 13.8. The fourth-order valence-corrected chi connectivity index (χ4v) is 5.05. The molecule has 2 aromatic heterocycles. The van der Waals surface area contributed by atoms with Gasteiger partial charge >= 0.3 is 14.8 Å². The van der Waals surface area contributed by atoms with Crippen LogP contribution in [0.2, 0.25) is 0 Å². The lowest BCUT2D eigenvalue weighted by Crippen LogP contribution is -2.41. The SMILES string of the molecule is CC(N)(CCc1ccc2c(c1)CCc1c-2noc1-c1noc(-c2ccccc2)c1C(F)(F)F)COP(O)O. The van der Waals surface area contributed by atoms with E-state index < -0.39 is 31.6 Å². The third-order valence-corrected chi connectivity index (χ3v) is 6.94. The number of alkyl halides is 3. The highest BCUT2D eigenvalue weighted by Gasteiger charge is 2.43. The molecule has 38 heavy (non-hydrogen) atoms. The first-order valence-electron chi connectivity index (χ1n) is 11.9. The zero-order valence-corrected chi connectivity index (χ0v) is 21.2. The smallest absolute Gasteiger partial charge is 0.355 e. The molecule has 2 aromatic carbocycles. The zero-order valence-electron chi connectivity index (χ0n) is 20.3. The van der Waals surface area contributed by atoms with Crippen LogP contribution in [-0.4, -0.2) is 32.2 Å². The van der Waals surface area contributed by atoms with Gasteiger partial charge in [0.25, 0.3) is 0 Å². The van der Waals surface area contributed by atoms with Crippen LogP contribution in [-0.2, 0) is 30.0 Å². The van der Waals surface area contributed by atoms with Crippen LogP contribution in [0, 0.1) is 0 Å². The number of nitrogens with zero attached hydrogens (tertiary/aromatic N) is 2. The number of aryl methyl sites for hydroxylation is 2. The lowest BCUT2D eigenvalue weighted by Gasteiger charge is -2.24. The lowest BCUT2D eigenvalue weighted by molar-refractivity contribution is -0.136. The Morgan fingerprint density at radius 2 is 1.71 bits per heavy atom. The van der Waals surface area contributed by atoms with E-state index in [0.717, 1.165) is 16.7 Å². The van der Waals surface area contributed by atoms with Gasteiger partial charge in [-0.25, -0.2) is 0 Å². The van der Waals surface area contributed by atoms with Crippen LogP contribution in [0.3, 0.4) is 0 Å². The van der Waals surface area contributed by atoms with Crippen molar-refractivity contribution in [2.75, 3.05) is 6.61 Å². The summed E-state index contributed by atoms with van der Waals surface area (Å²) in [5.74, 6) is -0.411. The minimum absolute atomic E-state index is 0.00959. The maximum absolute atomic E-state index is 14.2. The third-order valence-electron chi connectivity index (χ3n) is 6.58. The second-order valence-electron chi connectivity index (χ2n) is 9.61. The summed E-state index contributed by atoms with van der Waals surface area (Å²) < 4.78 is 58.1. The molecule has 1 aliphatic carbocycles. The average Bonchev–Trinajstić information content (AvgIpc) is 3.51. The van der Waals surface area contributed by atoms with E-state index in [1.54, 1.807) is 25.1 Å². The molecule has 1 atom stereocenters. The highest BCUT2D eigenvalue weighted by atomic mass is 31.2. The Labute approximate surface area is 217 Å². The standard InChI is InChI=1S/C26H25F3N3O5P/c1-25(30,14-35-38(33)34)12-11-15-7-9-18-17(13-15)8-10-19-21(18)31-37-24(19)22-20(26(27,28)29)23(36-32-22)16-5-3-2-4-6-16/h2-7,9,13,33-34H,8,10-12,14,30H2,1H3. The Hall–Kier alpha value is -3.08. The molecule has 0 bridgehead atoms. The van der Waals surface area contributed by atoms with Gasteiger partial charge < -0.3 is 29.1 Å². The van der Waals surface area contributed by atoms with Crippen molar-refractivity contribution in [2.24, 2.45) is 5.73 Å². The molecule has 12 heteroatoms. The fourth-order valence-electron chi connectivity index (χ4n) is 4.64. The van der Waals surface area contributed by atoms with Crippen LogP contribution >= 0.6 is 8.60 Å². The van der Waals surface area contributed by atoms with Crippen molar-refractivity contribution < 1.29 is 36.5 Å². The minimum atomic E-state index is -4.72. The van der Waals surface area contributed by atoms with Crippen molar-refractivity contribution >= 4 is 8.60 Å². The number of nitrogens with two attached hydrogens (primary N) is 1. The molecule has 0 radical (unpaired) electrons. The van der Waals surface area contributed by atoms with Gasteiger partial charge in [-0.2, -0.15) is 13.2 Å². The molecule has 4 aromatic rings. The number of hydrogen-bond donors (Lipinski definition) is 3. The highest BCUT2D eigenvalue weighted by Crippen LogP contribution is 2.46. The van der Waals surface area contributed by atoms with Gasteiger partial charge in [-0.15, -0.1) is 0 Å². The molecule has 1 unspecified atom stereocenters. The van der Waals surface area contributed by atoms with Gasteiger partial charge in [0.15, 0.2) is 17.2 Å². The second-order valence-corrected chi connectivity index (χ2v) is 10.4. The first-order valence-corrected chi connectivity index (χ1v) is 13.0. The largest absolute Gasteiger partial charge is 0.422 e. The molecule has 0 fully saturated rings. The molecular formula is C26H25F3N3O5P. The van der Waals surface area contributed by atoms with Crippen molar-refractivity contribution in [2.45, 2.75) is 44.3 Å². The maximum Gasteiger partial charge on any atom is 0.422 e. The Morgan fingerprint density at radius 3 is 2.42 bits per heavy atom. The van der Waals surface area contributed by atoms with Crippen molar-refractivity contribution in [3.05, 3.63) is 70.8 Å². The molecule has 5 rings (SSSR count). The molecule has 0 saturated heterocycles. The van der Waals surface area contributed by atoms with Crippen LogP contribution in [0.1, 0.15) is 35.6 Å². The van der Waals surface area contributed by atoms with Crippen molar-refractivity contribution in [3.8, 4) is 34.0 Å². The van der Waals surface area contributed by atoms with Crippen LogP contribution in [0.5, 0.6) is 0 Å². The molecule has 0 saturated carbocycles. The van der Waals surface area contributed by atoms with E-state index in [1.807, 2.05) is 18.2 Å². The molecule has 0 aliphatic heterocycles. The quantitative estimate of drug-likeness (QED) is 0.241. The van der Waals surface area contributed by atoms with E-state index in [-0.39, 0.29) is 23.7 Å². The Morgan fingerprint density at radius 1 is 1.00 bits per heavy atom. The number of fused-ring (bicyclic) bond motifs is 3. The van der Waals surface area contributed by atoms with Gasteiger partial charge in [0, 0.05) is 22.2 Å². The van der Waals surface area contributed by atoms with Crippen molar-refractivity contribution in [1.82, 2.24) is 10.3 Å². The van der Waals surface area contributed by atoms with Crippen molar-refractivity contribution in [3.63, 3.8) is 0 Å². The van der Waals surface area contributed by atoms with E-state index >= 15 is 0 Å². The van der Waals surface area contributed by atoms with E-state index in [2.05, 4.69) is 10.3 Å². The predicted octanol–water partition coefficient (Wildman–Crippen LogP) is 5.66. The fraction of sp³-hybridized carbons (Fsp3) is 0.308. The normalized spacial score (nSPS) is 14.8. The van der Waals surface area contributed by atoms with E-state index in [4.69, 9.17) is 29.1 Å². The molecule has 200 valence electrons. The number of rotatable bonds is 8. The molecule has 4 N–H and O–H groups in total. The van der Waals surface area contributed by atoms with Crippen LogP contribution in [0.15, 0.2) is 57.6 Å². The van der Waals surface area contributed by atoms with Gasteiger partial charge in [0.1, 0.15) is 11.3 Å². The average molecular weight is 547 g/mol. The highest BCUT2D eigenvalue weighted by molar-refractivity contribution is 7.39. The van der Waals surface area contributed by atoms with Crippen molar-refractivity contribution in [1.29, 1.82) is 0 Å². The van der Waals surface area contributed by atoms with E-state index in [0.29, 0.717) is 36.9 Å². The van der Waals surface area contributed by atoms with Gasteiger partial charge in [-0.3, -0.25) is 0 Å². The molecular weight excluding hydrogens is 522 g/mol. The molecule has 0 amide bonds. The molecule has 0 spiro atoms. The first kappa shape index (κ1) is 26.5. The van der Waals surface area contributed by atoms with Gasteiger partial charge in [-0.05, 0) is 43.7 Å². The molecule has 1 aliphatic rings. The Balaban J connectivity index is 1.43. The number of benzene rings is 2. The summed E-state index contributed by atoms with van der Waals surface area (Å²) in [6.07, 6.45) is -2.54. The summed E-state index contributed by atoms with van der Waals surface area (Å²) in [5, 5.41) is 7.90. The minimum Gasteiger partial charge on any atom is -0.355 e. The van der Waals surface area contributed by atoms with Gasteiger partial charge in [0.2, 0.25) is 0 Å². The molecule has 8 nitrogen and oxygen atoms in total. The second kappa shape index (κ2) is 10.2. The van der Waals surface area contributed by atoms with E-state index in [9.17, 15) is 13.2 Å². The number of hydrogen-bond acceptors (Lipinski definition) is 8. The number of aromatic nitrogens is 2. The predicted molar refractivity (Wildman–Crippen MR) is 134 cm³/mol. The Kier molecular flexibility index (Phi) is 7.15. The topological polar surface area (TPSA) is 128 Å². The van der Waals surface area contributed by atoms with Crippen LogP contribution in [0.25, 0.3) is 34.0 Å². The van der Waals surface area contributed by atoms with Gasteiger partial charge in [0.05, 0.1) is 6.61 Å². The summed E-state index contributed by atoms with van der Waals surface area (Å²) in [7, 11) is -2.46. The van der Waals surface area contributed by atoms with Crippen LogP contribution in [0.4, 0.5) is 13.2 Å². The van der Waals surface area contributed by atoms with Gasteiger partial charge in [-0.1, -0.05) is 58.8 Å². The molecule has 2 heterocycles. The zero-order chi connectivity index (χ0) is 27.1. The number of halogens is 3. The van der Waals surface area contributed by atoms with Crippen LogP contribution < -0.4 is 5.73 Å². The lowest BCUT2D eigenvalue weighted by atomic mass is 9.86. The Bertz CT molecular complexity index is 1430. The summed E-state index contributed by atoms with van der Waals surface area (Å²) in [5.41, 5.74) is 8.16. The third kappa shape index (κ3) is 5.39. The summed E-state index contributed by atoms with van der Waals surface area (Å²) in [4.78, 5) is 17.9. The first-order chi connectivity index (χ1) is 18.0. The monoisotopic (exact) mass is 547 g/mol. The summed E-state index contributed by atoms with van der Waals surface area (Å²) in [6.45, 7) is 1.78.